The molecule has 1 unspecified atom stereocenters. The summed E-state index contributed by atoms with van der Waals surface area (Å²) < 4.78 is 18.4. The largest absolute Gasteiger partial charge is 0.457 e. The molecule has 2 aromatic rings. The predicted octanol–water partition coefficient (Wildman–Crippen LogP) is 3.40. The summed E-state index contributed by atoms with van der Waals surface area (Å²) in [7, 11) is 0. The van der Waals surface area contributed by atoms with Gasteiger partial charge in [0.15, 0.2) is 0 Å². The second-order valence-corrected chi connectivity index (χ2v) is 5.36. The van der Waals surface area contributed by atoms with E-state index in [1.807, 2.05) is 12.1 Å². The van der Waals surface area contributed by atoms with Crippen molar-refractivity contribution < 1.29 is 19.0 Å². The van der Waals surface area contributed by atoms with E-state index in [9.17, 15) is 9.18 Å². The first-order chi connectivity index (χ1) is 11.0. The molecule has 1 atom stereocenters. The minimum absolute atomic E-state index is 0.0856. The Bertz CT molecular complexity index is 624. The minimum atomic E-state index is -0.469. The average molecular weight is 317 g/mol. The van der Waals surface area contributed by atoms with Crippen LogP contribution in [-0.4, -0.2) is 17.1 Å². The van der Waals surface area contributed by atoms with Gasteiger partial charge in [-0.3, -0.25) is 4.79 Å². The number of halogens is 1. The molecule has 0 radical (unpaired) electrons. The maximum absolute atomic E-state index is 12.8. The summed E-state index contributed by atoms with van der Waals surface area (Å²) in [5.74, 6) is 0.808. The van der Waals surface area contributed by atoms with Crippen LogP contribution in [0.15, 0.2) is 48.5 Å². The molecule has 0 bridgehead atoms. The number of ether oxygens (including phenoxy) is 1. The van der Waals surface area contributed by atoms with E-state index in [2.05, 4.69) is 5.32 Å². The Morgan fingerprint density at radius 1 is 1.13 bits per heavy atom. The number of benzene rings is 2. The van der Waals surface area contributed by atoms with Crippen LogP contribution in [0.2, 0.25) is 0 Å². The second-order valence-electron chi connectivity index (χ2n) is 5.36. The van der Waals surface area contributed by atoms with E-state index in [0.717, 1.165) is 5.56 Å². The lowest BCUT2D eigenvalue weighted by Crippen LogP contribution is -2.23. The van der Waals surface area contributed by atoms with Crippen molar-refractivity contribution in [2.24, 2.45) is 0 Å². The Kier molecular flexibility index (Phi) is 6.11. The first-order valence-electron chi connectivity index (χ1n) is 7.50. The molecule has 0 saturated heterocycles. The number of rotatable bonds is 7. The molecule has 0 fully saturated rings. The standard InChI is InChI=1S/C18H20FNO3/c1-13(21)2-11-18(22)20-12-14-3-7-16(8-4-14)23-17-9-5-15(19)6-10-17/h3-10,13,21H,2,11-12H2,1H3,(H,20,22). The van der Waals surface area contributed by atoms with Crippen molar-refractivity contribution in [1.29, 1.82) is 0 Å². The number of aliphatic hydroxyl groups excluding tert-OH is 1. The van der Waals surface area contributed by atoms with Crippen LogP contribution in [-0.2, 0) is 11.3 Å². The maximum Gasteiger partial charge on any atom is 0.220 e. The van der Waals surface area contributed by atoms with Gasteiger partial charge in [-0.05, 0) is 55.3 Å². The molecule has 0 heterocycles. The van der Waals surface area contributed by atoms with Gasteiger partial charge in [0.1, 0.15) is 17.3 Å². The number of hydrogen-bond acceptors (Lipinski definition) is 3. The topological polar surface area (TPSA) is 58.6 Å². The third-order valence-electron chi connectivity index (χ3n) is 3.25. The predicted molar refractivity (Wildman–Crippen MR) is 85.7 cm³/mol. The number of hydrogen-bond donors (Lipinski definition) is 2. The fraction of sp³-hybridized carbons (Fsp3) is 0.278. The average Bonchev–Trinajstić information content (AvgIpc) is 2.54. The highest BCUT2D eigenvalue weighted by atomic mass is 19.1. The molecule has 2 rings (SSSR count). The maximum atomic E-state index is 12.8. The van der Waals surface area contributed by atoms with Gasteiger partial charge in [-0.25, -0.2) is 4.39 Å². The Balaban J connectivity index is 1.82. The zero-order valence-corrected chi connectivity index (χ0v) is 13.0. The van der Waals surface area contributed by atoms with Gasteiger partial charge in [0.2, 0.25) is 5.91 Å². The van der Waals surface area contributed by atoms with Crippen molar-refractivity contribution in [3.8, 4) is 11.5 Å². The third-order valence-corrected chi connectivity index (χ3v) is 3.25. The van der Waals surface area contributed by atoms with Crippen LogP contribution in [0.3, 0.4) is 0 Å². The Morgan fingerprint density at radius 3 is 2.26 bits per heavy atom. The van der Waals surface area contributed by atoms with E-state index < -0.39 is 6.10 Å². The molecular weight excluding hydrogens is 297 g/mol. The van der Waals surface area contributed by atoms with Crippen LogP contribution in [0.5, 0.6) is 11.5 Å². The van der Waals surface area contributed by atoms with Crippen LogP contribution in [0.25, 0.3) is 0 Å². The van der Waals surface area contributed by atoms with E-state index in [1.54, 1.807) is 31.2 Å². The van der Waals surface area contributed by atoms with Gasteiger partial charge < -0.3 is 15.2 Å². The van der Waals surface area contributed by atoms with Crippen LogP contribution in [0.4, 0.5) is 4.39 Å². The molecule has 0 spiro atoms. The van der Waals surface area contributed by atoms with Gasteiger partial charge in [0.25, 0.3) is 0 Å². The zero-order chi connectivity index (χ0) is 16.7. The summed E-state index contributed by atoms with van der Waals surface area (Å²) in [6, 6.07) is 13.1. The van der Waals surface area contributed by atoms with Crippen LogP contribution in [0, 0.1) is 5.82 Å². The van der Waals surface area contributed by atoms with Gasteiger partial charge >= 0.3 is 0 Å². The lowest BCUT2D eigenvalue weighted by atomic mass is 10.2. The van der Waals surface area contributed by atoms with Crippen LogP contribution in [0.1, 0.15) is 25.3 Å². The fourth-order valence-electron chi connectivity index (χ4n) is 1.94. The molecule has 0 aliphatic carbocycles. The second kappa shape index (κ2) is 8.29. The summed E-state index contributed by atoms with van der Waals surface area (Å²) in [5, 5.41) is 11.9. The lowest BCUT2D eigenvalue weighted by molar-refractivity contribution is -0.121. The number of aliphatic hydroxyl groups is 1. The van der Waals surface area contributed by atoms with E-state index in [4.69, 9.17) is 9.84 Å². The van der Waals surface area contributed by atoms with Gasteiger partial charge in [0.05, 0.1) is 6.10 Å². The van der Waals surface area contributed by atoms with Crippen LogP contribution >= 0.6 is 0 Å². The van der Waals surface area contributed by atoms with Crippen LogP contribution < -0.4 is 10.1 Å². The van der Waals surface area contributed by atoms with Gasteiger partial charge in [-0.1, -0.05) is 12.1 Å². The van der Waals surface area contributed by atoms with Crippen molar-refractivity contribution in [2.75, 3.05) is 0 Å². The smallest absolute Gasteiger partial charge is 0.220 e. The van der Waals surface area contributed by atoms with E-state index >= 15 is 0 Å². The van der Waals surface area contributed by atoms with E-state index in [1.165, 1.54) is 12.1 Å². The molecule has 2 aromatic carbocycles. The minimum Gasteiger partial charge on any atom is -0.457 e. The number of carbonyl (C=O) groups excluding carboxylic acids is 1. The van der Waals surface area contributed by atoms with Crippen molar-refractivity contribution in [3.63, 3.8) is 0 Å². The molecule has 23 heavy (non-hydrogen) atoms. The zero-order valence-electron chi connectivity index (χ0n) is 13.0. The van der Waals surface area contributed by atoms with Crippen molar-refractivity contribution >= 4 is 5.91 Å². The van der Waals surface area contributed by atoms with E-state index in [-0.39, 0.29) is 11.7 Å². The number of carbonyl (C=O) groups is 1. The van der Waals surface area contributed by atoms with Gasteiger partial charge in [-0.15, -0.1) is 0 Å². The lowest BCUT2D eigenvalue weighted by Gasteiger charge is -2.08. The third kappa shape index (κ3) is 6.08. The molecule has 1 amide bonds. The quantitative estimate of drug-likeness (QED) is 0.823. The highest BCUT2D eigenvalue weighted by molar-refractivity contribution is 5.75. The molecule has 2 N–H and O–H groups in total. The summed E-state index contributed by atoms with van der Waals surface area (Å²) >= 11 is 0. The fourth-order valence-corrected chi connectivity index (χ4v) is 1.94. The molecule has 0 saturated carbocycles. The number of nitrogens with one attached hydrogen (secondary N) is 1. The number of amides is 1. The van der Waals surface area contributed by atoms with E-state index in [0.29, 0.717) is 30.9 Å². The Hall–Kier alpha value is -2.40. The Morgan fingerprint density at radius 2 is 1.70 bits per heavy atom. The SMILES string of the molecule is CC(O)CCC(=O)NCc1ccc(Oc2ccc(F)cc2)cc1. The van der Waals surface area contributed by atoms with Crippen molar-refractivity contribution in [1.82, 2.24) is 5.32 Å². The molecule has 0 aliphatic rings. The normalized spacial score (nSPS) is 11.8. The van der Waals surface area contributed by atoms with Crippen molar-refractivity contribution in [2.45, 2.75) is 32.4 Å². The highest BCUT2D eigenvalue weighted by Crippen LogP contribution is 2.21. The van der Waals surface area contributed by atoms with Crippen molar-refractivity contribution in [3.05, 3.63) is 59.9 Å². The summed E-state index contributed by atoms with van der Waals surface area (Å²) in [6.45, 7) is 2.09. The molecular formula is C18H20FNO3. The first-order valence-corrected chi connectivity index (χ1v) is 7.50. The summed E-state index contributed by atoms with van der Waals surface area (Å²) in [4.78, 5) is 11.6. The Labute approximate surface area is 134 Å². The van der Waals surface area contributed by atoms with Gasteiger partial charge in [-0.2, -0.15) is 0 Å². The molecule has 122 valence electrons. The molecule has 4 nitrogen and oxygen atoms in total. The molecule has 5 heteroatoms. The molecule has 0 aliphatic heterocycles. The first kappa shape index (κ1) is 17.0. The summed E-state index contributed by atoms with van der Waals surface area (Å²) in [5.41, 5.74) is 0.946. The van der Waals surface area contributed by atoms with Gasteiger partial charge in [0, 0.05) is 13.0 Å². The monoisotopic (exact) mass is 317 g/mol. The highest BCUT2D eigenvalue weighted by Gasteiger charge is 2.04. The summed E-state index contributed by atoms with van der Waals surface area (Å²) in [6.07, 6.45) is 0.295. The molecule has 0 aromatic heterocycles.